The zero-order valence-electron chi connectivity index (χ0n) is 18.4. The van der Waals surface area contributed by atoms with Crippen LogP contribution in [0, 0.1) is 0 Å². The highest BCUT2D eigenvalue weighted by atomic mass is 35.5. The average Bonchev–Trinajstić information content (AvgIpc) is 3.67. The van der Waals surface area contributed by atoms with E-state index in [-0.39, 0.29) is 23.9 Å². The van der Waals surface area contributed by atoms with Crippen LogP contribution in [0.15, 0.2) is 53.6 Å². The van der Waals surface area contributed by atoms with E-state index in [4.69, 9.17) is 25.8 Å². The molecular formula is C24H24ClFN4O4. The molecule has 1 atom stereocenters. The van der Waals surface area contributed by atoms with Gasteiger partial charge in [0.25, 0.3) is 5.56 Å². The Hall–Kier alpha value is -3.17. The first kappa shape index (κ1) is 22.6. The zero-order chi connectivity index (χ0) is 23.5. The van der Waals surface area contributed by atoms with Gasteiger partial charge in [-0.05, 0) is 56.0 Å². The zero-order valence-corrected chi connectivity index (χ0v) is 19.1. The number of ether oxygens (including phenoxy) is 3. The van der Waals surface area contributed by atoms with E-state index in [1.165, 1.54) is 12.4 Å². The fourth-order valence-corrected chi connectivity index (χ4v) is 3.79. The first-order valence-corrected chi connectivity index (χ1v) is 11.6. The van der Waals surface area contributed by atoms with Crippen LogP contribution in [0.2, 0.25) is 5.02 Å². The third-order valence-electron chi connectivity index (χ3n) is 5.63. The summed E-state index contributed by atoms with van der Waals surface area (Å²) in [6, 6.07) is 10.6. The van der Waals surface area contributed by atoms with E-state index in [1.54, 1.807) is 12.1 Å². The Morgan fingerprint density at radius 1 is 1.18 bits per heavy atom. The second kappa shape index (κ2) is 9.60. The molecule has 8 nitrogen and oxygen atoms in total. The van der Waals surface area contributed by atoms with Crippen LogP contribution < -0.4 is 20.3 Å². The monoisotopic (exact) mass is 486 g/mol. The largest absolute Gasteiger partial charge is 0.490 e. The van der Waals surface area contributed by atoms with Crippen molar-refractivity contribution in [3.05, 3.63) is 64.2 Å². The second-order valence-electron chi connectivity index (χ2n) is 8.50. The van der Waals surface area contributed by atoms with Crippen molar-refractivity contribution >= 4 is 17.3 Å². The maximum absolute atomic E-state index is 14.7. The second-order valence-corrected chi connectivity index (χ2v) is 8.87. The highest BCUT2D eigenvalue weighted by molar-refractivity contribution is 6.32. The minimum absolute atomic E-state index is 0.0145. The number of benzene rings is 1. The molecule has 0 radical (unpaired) electrons. The summed E-state index contributed by atoms with van der Waals surface area (Å²) in [6.45, 7) is 0.559. The van der Waals surface area contributed by atoms with Gasteiger partial charge in [-0.15, -0.1) is 0 Å². The van der Waals surface area contributed by atoms with E-state index in [1.807, 2.05) is 24.3 Å². The molecule has 34 heavy (non-hydrogen) atoms. The van der Waals surface area contributed by atoms with Gasteiger partial charge in [0, 0.05) is 12.7 Å². The Morgan fingerprint density at radius 2 is 1.97 bits per heavy atom. The summed E-state index contributed by atoms with van der Waals surface area (Å²) < 4.78 is 32.6. The smallest absolute Gasteiger partial charge is 0.292 e. The van der Waals surface area contributed by atoms with E-state index in [2.05, 4.69) is 15.4 Å². The third kappa shape index (κ3) is 5.31. The number of anilines is 1. The normalized spacial score (nSPS) is 20.1. The fourth-order valence-electron chi connectivity index (χ4n) is 3.59. The summed E-state index contributed by atoms with van der Waals surface area (Å²) in [7, 11) is 0. The van der Waals surface area contributed by atoms with E-state index in [0.29, 0.717) is 42.9 Å². The van der Waals surface area contributed by atoms with Gasteiger partial charge in [0.05, 0.1) is 43.0 Å². The molecule has 5 rings (SSSR count). The number of halogens is 2. The quantitative estimate of drug-likeness (QED) is 0.500. The van der Waals surface area contributed by atoms with Gasteiger partial charge in [-0.25, -0.2) is 9.37 Å². The van der Waals surface area contributed by atoms with Crippen LogP contribution in [0.1, 0.15) is 25.7 Å². The summed E-state index contributed by atoms with van der Waals surface area (Å²) in [6.07, 6.45) is 6.44. The predicted molar refractivity (Wildman–Crippen MR) is 125 cm³/mol. The molecular weight excluding hydrogens is 463 g/mol. The maximum Gasteiger partial charge on any atom is 0.292 e. The summed E-state index contributed by atoms with van der Waals surface area (Å²) in [4.78, 5) is 17.0. The molecule has 0 spiro atoms. The summed E-state index contributed by atoms with van der Waals surface area (Å²) >= 11 is 6.25. The minimum Gasteiger partial charge on any atom is -0.490 e. The number of alkyl halides is 1. The predicted octanol–water partition coefficient (Wildman–Crippen LogP) is 4.55. The Bertz CT molecular complexity index is 1190. The lowest BCUT2D eigenvalue weighted by Gasteiger charge is -2.29. The Balaban J connectivity index is 1.24. The number of rotatable bonds is 8. The van der Waals surface area contributed by atoms with Gasteiger partial charge < -0.3 is 19.5 Å². The van der Waals surface area contributed by atoms with Gasteiger partial charge in [-0.2, -0.15) is 9.78 Å². The van der Waals surface area contributed by atoms with Crippen molar-refractivity contribution in [2.24, 2.45) is 0 Å². The molecule has 1 saturated carbocycles. The molecule has 3 heterocycles. The SMILES string of the molecule is O=c1c(Cl)c(NC[C@@]2(F)CCCOC2)cnn1-c1ccc(Oc2ccc(OC3CC3)cc2)nc1. The Morgan fingerprint density at radius 3 is 2.65 bits per heavy atom. The number of hydrogen-bond acceptors (Lipinski definition) is 7. The number of pyridine rings is 1. The molecule has 0 amide bonds. The number of nitrogens with one attached hydrogen (secondary N) is 1. The van der Waals surface area contributed by atoms with Crippen LogP contribution in [0.4, 0.5) is 10.1 Å². The van der Waals surface area contributed by atoms with Crippen molar-refractivity contribution in [2.75, 3.05) is 25.1 Å². The molecule has 178 valence electrons. The first-order valence-electron chi connectivity index (χ1n) is 11.2. The molecule has 2 aliphatic rings. The topological polar surface area (TPSA) is 87.5 Å². The molecule has 10 heteroatoms. The molecule has 0 unspecified atom stereocenters. The van der Waals surface area contributed by atoms with Crippen molar-refractivity contribution in [1.82, 2.24) is 14.8 Å². The highest BCUT2D eigenvalue weighted by Gasteiger charge is 2.32. The van der Waals surface area contributed by atoms with Crippen molar-refractivity contribution < 1.29 is 18.6 Å². The Kier molecular flexibility index (Phi) is 6.38. The summed E-state index contributed by atoms with van der Waals surface area (Å²) in [5.41, 5.74) is -1.35. The molecule has 1 saturated heterocycles. The third-order valence-corrected chi connectivity index (χ3v) is 5.99. The lowest BCUT2D eigenvalue weighted by atomic mass is 9.99. The van der Waals surface area contributed by atoms with Crippen molar-refractivity contribution in [3.63, 3.8) is 0 Å². The van der Waals surface area contributed by atoms with Gasteiger partial charge in [0.1, 0.15) is 16.5 Å². The first-order chi connectivity index (χ1) is 16.5. The van der Waals surface area contributed by atoms with Crippen LogP contribution in [0.25, 0.3) is 5.69 Å². The minimum atomic E-state index is -1.50. The van der Waals surface area contributed by atoms with Gasteiger partial charge >= 0.3 is 0 Å². The van der Waals surface area contributed by atoms with E-state index < -0.39 is 11.2 Å². The lowest BCUT2D eigenvalue weighted by Crippen LogP contribution is -2.40. The van der Waals surface area contributed by atoms with E-state index in [9.17, 15) is 9.18 Å². The molecule has 0 bridgehead atoms. The van der Waals surface area contributed by atoms with Crippen LogP contribution in [0.5, 0.6) is 17.4 Å². The molecule has 2 aromatic heterocycles. The Labute approximate surface area is 200 Å². The number of hydrogen-bond donors (Lipinski definition) is 1. The molecule has 3 aromatic rings. The van der Waals surface area contributed by atoms with Crippen molar-refractivity contribution in [3.8, 4) is 23.1 Å². The van der Waals surface area contributed by atoms with Gasteiger partial charge in [0.15, 0.2) is 5.67 Å². The average molecular weight is 487 g/mol. The van der Waals surface area contributed by atoms with Gasteiger partial charge in [-0.3, -0.25) is 4.79 Å². The molecule has 2 fully saturated rings. The summed E-state index contributed by atoms with van der Waals surface area (Å²) in [5, 5.41) is 6.97. The van der Waals surface area contributed by atoms with E-state index in [0.717, 1.165) is 23.3 Å². The highest BCUT2D eigenvalue weighted by Crippen LogP contribution is 2.29. The molecule has 1 N–H and O–H groups in total. The van der Waals surface area contributed by atoms with E-state index >= 15 is 0 Å². The maximum atomic E-state index is 14.7. The number of nitrogens with zero attached hydrogens (tertiary/aromatic N) is 3. The fraction of sp³-hybridized carbons (Fsp3) is 0.375. The lowest BCUT2D eigenvalue weighted by molar-refractivity contribution is -0.0234. The van der Waals surface area contributed by atoms with Crippen molar-refractivity contribution in [2.45, 2.75) is 37.5 Å². The van der Waals surface area contributed by atoms with Crippen LogP contribution in [-0.2, 0) is 4.74 Å². The molecule has 1 aliphatic heterocycles. The number of aromatic nitrogens is 3. The van der Waals surface area contributed by atoms with Gasteiger partial charge in [-0.1, -0.05) is 11.6 Å². The standard InChI is InChI=1S/C24H24ClFN4O4/c25-22-20(28-14-24(26)10-1-11-32-15-24)13-29-30(23(22)31)16-2-9-21(27-12-16)34-19-7-5-18(6-8-19)33-17-3-4-17/h2,5-9,12-13,17,28H,1,3-4,10-11,14-15H2/t24-/m0/s1. The van der Waals surface area contributed by atoms with Gasteiger partial charge in [0.2, 0.25) is 5.88 Å². The summed E-state index contributed by atoms with van der Waals surface area (Å²) in [5.74, 6) is 1.79. The molecule has 1 aromatic carbocycles. The molecule has 1 aliphatic carbocycles. The van der Waals surface area contributed by atoms with Crippen LogP contribution in [0.3, 0.4) is 0 Å². The van der Waals surface area contributed by atoms with Crippen molar-refractivity contribution in [1.29, 1.82) is 0 Å². The van der Waals surface area contributed by atoms with Crippen LogP contribution in [-0.4, -0.2) is 46.3 Å². The van der Waals surface area contributed by atoms with Crippen LogP contribution >= 0.6 is 11.6 Å².